The van der Waals surface area contributed by atoms with Crippen molar-refractivity contribution < 1.29 is 4.74 Å². The Bertz CT molecular complexity index is 356. The van der Waals surface area contributed by atoms with Crippen LogP contribution in [0.4, 0.5) is 0 Å². The molecule has 15 heavy (non-hydrogen) atoms. The number of aryl methyl sites for hydroxylation is 1. The van der Waals surface area contributed by atoms with E-state index in [4.69, 9.17) is 4.74 Å². The highest BCUT2D eigenvalue weighted by molar-refractivity contribution is 5.39. The Labute approximate surface area is 92.5 Å². The Morgan fingerprint density at radius 3 is 2.40 bits per heavy atom. The zero-order valence-corrected chi connectivity index (χ0v) is 10.1. The Hall–Kier alpha value is -0.980. The van der Waals surface area contributed by atoms with Gasteiger partial charge in [0.25, 0.3) is 0 Å². The molecule has 1 nitrogen and oxygen atoms in total. The van der Waals surface area contributed by atoms with Crippen LogP contribution in [-0.2, 0) is 5.41 Å². The van der Waals surface area contributed by atoms with E-state index in [1.165, 1.54) is 24.0 Å². The van der Waals surface area contributed by atoms with Crippen LogP contribution in [0.15, 0.2) is 18.2 Å². The molecular weight excluding hydrogens is 184 g/mol. The first kappa shape index (κ1) is 10.5. The van der Waals surface area contributed by atoms with Gasteiger partial charge in [-0.1, -0.05) is 32.9 Å². The van der Waals surface area contributed by atoms with Gasteiger partial charge in [0.1, 0.15) is 5.75 Å². The number of hydrogen-bond acceptors (Lipinski definition) is 1. The van der Waals surface area contributed by atoms with Gasteiger partial charge < -0.3 is 4.74 Å². The number of ether oxygens (including phenoxy) is 1. The van der Waals surface area contributed by atoms with Gasteiger partial charge in [-0.3, -0.25) is 0 Å². The van der Waals surface area contributed by atoms with Gasteiger partial charge in [0.05, 0.1) is 6.10 Å². The van der Waals surface area contributed by atoms with E-state index in [9.17, 15) is 0 Å². The van der Waals surface area contributed by atoms with Crippen LogP contribution >= 0.6 is 0 Å². The second-order valence-electron chi connectivity index (χ2n) is 5.55. The van der Waals surface area contributed by atoms with E-state index in [2.05, 4.69) is 45.9 Å². The van der Waals surface area contributed by atoms with E-state index in [1.807, 2.05) is 0 Å². The summed E-state index contributed by atoms with van der Waals surface area (Å²) in [5.41, 5.74) is 2.80. The van der Waals surface area contributed by atoms with E-state index >= 15 is 0 Å². The molecule has 1 aromatic carbocycles. The van der Waals surface area contributed by atoms with Gasteiger partial charge in [0.15, 0.2) is 0 Å². The van der Waals surface area contributed by atoms with Crippen LogP contribution in [0, 0.1) is 6.92 Å². The summed E-state index contributed by atoms with van der Waals surface area (Å²) in [5.74, 6) is 1.07. The Kier molecular flexibility index (Phi) is 2.49. The van der Waals surface area contributed by atoms with E-state index in [-0.39, 0.29) is 5.41 Å². The van der Waals surface area contributed by atoms with Crippen molar-refractivity contribution in [3.63, 3.8) is 0 Å². The summed E-state index contributed by atoms with van der Waals surface area (Å²) in [6.45, 7) is 8.82. The molecule has 1 aliphatic carbocycles. The normalized spacial score (nSPS) is 16.5. The van der Waals surface area contributed by atoms with Gasteiger partial charge in [0, 0.05) is 0 Å². The summed E-state index contributed by atoms with van der Waals surface area (Å²) in [4.78, 5) is 0. The molecule has 0 amide bonds. The van der Waals surface area contributed by atoms with Crippen LogP contribution in [0.2, 0.25) is 0 Å². The van der Waals surface area contributed by atoms with Gasteiger partial charge in [-0.25, -0.2) is 0 Å². The predicted octanol–water partition coefficient (Wildman–Crippen LogP) is 3.83. The van der Waals surface area contributed by atoms with Gasteiger partial charge in [-0.2, -0.15) is 0 Å². The molecule has 1 fully saturated rings. The third kappa shape index (κ3) is 2.53. The van der Waals surface area contributed by atoms with Crippen molar-refractivity contribution in [1.82, 2.24) is 0 Å². The van der Waals surface area contributed by atoms with E-state index in [1.54, 1.807) is 0 Å². The molecule has 0 unspecified atom stereocenters. The van der Waals surface area contributed by atoms with E-state index in [0.717, 1.165) is 5.75 Å². The van der Waals surface area contributed by atoms with Crippen molar-refractivity contribution >= 4 is 0 Å². The van der Waals surface area contributed by atoms with Crippen LogP contribution in [0.5, 0.6) is 5.75 Å². The van der Waals surface area contributed by atoms with Crippen LogP contribution in [0.25, 0.3) is 0 Å². The van der Waals surface area contributed by atoms with Crippen molar-refractivity contribution in [3.05, 3.63) is 29.3 Å². The summed E-state index contributed by atoms with van der Waals surface area (Å²) in [6, 6.07) is 6.57. The van der Waals surface area contributed by atoms with Crippen LogP contribution in [0.1, 0.15) is 44.7 Å². The Morgan fingerprint density at radius 1 is 1.20 bits per heavy atom. The molecule has 0 aromatic heterocycles. The number of benzene rings is 1. The monoisotopic (exact) mass is 204 g/mol. The molecule has 2 rings (SSSR count). The first-order valence-corrected chi connectivity index (χ1v) is 5.74. The van der Waals surface area contributed by atoms with E-state index in [0.29, 0.717) is 6.10 Å². The third-order valence-corrected chi connectivity index (χ3v) is 2.87. The molecule has 0 saturated heterocycles. The van der Waals surface area contributed by atoms with Crippen molar-refractivity contribution in [2.24, 2.45) is 0 Å². The molecule has 0 N–H and O–H groups in total. The van der Waals surface area contributed by atoms with Crippen molar-refractivity contribution in [2.75, 3.05) is 0 Å². The highest BCUT2D eigenvalue weighted by atomic mass is 16.5. The topological polar surface area (TPSA) is 9.23 Å². The lowest BCUT2D eigenvalue weighted by Gasteiger charge is -2.20. The first-order chi connectivity index (χ1) is 6.97. The lowest BCUT2D eigenvalue weighted by molar-refractivity contribution is 0.300. The largest absolute Gasteiger partial charge is 0.490 e. The second-order valence-corrected chi connectivity index (χ2v) is 5.55. The molecule has 0 atom stereocenters. The summed E-state index contributed by atoms with van der Waals surface area (Å²) < 4.78 is 5.89. The Morgan fingerprint density at radius 2 is 1.87 bits per heavy atom. The highest BCUT2D eigenvalue weighted by Crippen LogP contribution is 2.32. The zero-order valence-electron chi connectivity index (χ0n) is 10.1. The fraction of sp³-hybridized carbons (Fsp3) is 0.571. The number of hydrogen-bond donors (Lipinski definition) is 0. The minimum Gasteiger partial charge on any atom is -0.490 e. The fourth-order valence-corrected chi connectivity index (χ4v) is 1.56. The van der Waals surface area contributed by atoms with Crippen molar-refractivity contribution in [2.45, 2.75) is 52.1 Å². The molecule has 1 heteroatoms. The maximum absolute atomic E-state index is 5.89. The van der Waals surface area contributed by atoms with Gasteiger partial charge >= 0.3 is 0 Å². The molecule has 0 heterocycles. The quantitative estimate of drug-likeness (QED) is 0.711. The smallest absolute Gasteiger partial charge is 0.122 e. The van der Waals surface area contributed by atoms with Crippen LogP contribution in [-0.4, -0.2) is 6.10 Å². The molecule has 1 aromatic rings. The standard InChI is InChI=1S/C14H20O/c1-10-5-6-11(14(2,3)4)9-13(10)15-12-7-8-12/h5-6,9,12H,7-8H2,1-4H3. The molecular formula is C14H20O. The van der Waals surface area contributed by atoms with Crippen LogP contribution in [0.3, 0.4) is 0 Å². The number of rotatable bonds is 2. The third-order valence-electron chi connectivity index (χ3n) is 2.87. The average Bonchev–Trinajstić information content (AvgIpc) is 2.90. The molecule has 0 bridgehead atoms. The lowest BCUT2D eigenvalue weighted by atomic mass is 9.86. The minimum absolute atomic E-state index is 0.204. The maximum atomic E-state index is 5.89. The predicted molar refractivity (Wildman–Crippen MR) is 63.5 cm³/mol. The molecule has 1 saturated carbocycles. The molecule has 0 spiro atoms. The summed E-state index contributed by atoms with van der Waals surface area (Å²) in [5, 5.41) is 0. The molecule has 1 aliphatic rings. The van der Waals surface area contributed by atoms with Gasteiger partial charge in [0.2, 0.25) is 0 Å². The summed E-state index contributed by atoms with van der Waals surface area (Å²) >= 11 is 0. The summed E-state index contributed by atoms with van der Waals surface area (Å²) in [7, 11) is 0. The molecule has 0 radical (unpaired) electrons. The second kappa shape index (κ2) is 3.55. The fourth-order valence-electron chi connectivity index (χ4n) is 1.56. The highest BCUT2D eigenvalue weighted by Gasteiger charge is 2.24. The minimum atomic E-state index is 0.204. The lowest BCUT2D eigenvalue weighted by Crippen LogP contribution is -2.11. The van der Waals surface area contributed by atoms with Gasteiger partial charge in [-0.05, 0) is 42.4 Å². The maximum Gasteiger partial charge on any atom is 0.122 e. The van der Waals surface area contributed by atoms with Crippen molar-refractivity contribution in [3.8, 4) is 5.75 Å². The Balaban J connectivity index is 2.27. The van der Waals surface area contributed by atoms with Gasteiger partial charge in [-0.15, -0.1) is 0 Å². The molecule has 0 aliphatic heterocycles. The first-order valence-electron chi connectivity index (χ1n) is 5.74. The van der Waals surface area contributed by atoms with E-state index < -0.39 is 0 Å². The van der Waals surface area contributed by atoms with Crippen LogP contribution < -0.4 is 4.74 Å². The molecule has 82 valence electrons. The zero-order chi connectivity index (χ0) is 11.1. The SMILES string of the molecule is Cc1ccc(C(C)(C)C)cc1OC1CC1. The summed E-state index contributed by atoms with van der Waals surface area (Å²) in [6.07, 6.45) is 2.93. The van der Waals surface area contributed by atoms with Crippen molar-refractivity contribution in [1.29, 1.82) is 0 Å². The average molecular weight is 204 g/mol.